The van der Waals surface area contributed by atoms with E-state index in [1.54, 1.807) is 6.07 Å². The Morgan fingerprint density at radius 2 is 2.14 bits per heavy atom. The number of ether oxygens (including phenoxy) is 1. The van der Waals surface area contributed by atoms with Crippen LogP contribution in [-0.4, -0.2) is 29.4 Å². The molecule has 1 heterocycles. The van der Waals surface area contributed by atoms with Crippen LogP contribution < -0.4 is 0 Å². The first kappa shape index (κ1) is 15.4. The maximum absolute atomic E-state index is 11.9. The van der Waals surface area contributed by atoms with Crippen molar-refractivity contribution in [2.45, 2.75) is 38.6 Å². The Morgan fingerprint density at radius 3 is 2.86 bits per heavy atom. The molecule has 4 nitrogen and oxygen atoms in total. The van der Waals surface area contributed by atoms with Crippen LogP contribution in [0.4, 0.5) is 0 Å². The van der Waals surface area contributed by atoms with E-state index in [0.717, 1.165) is 36.7 Å². The van der Waals surface area contributed by atoms with Crippen LogP contribution in [0.25, 0.3) is 10.9 Å². The second-order valence-corrected chi connectivity index (χ2v) is 6.05. The molecular formula is C17H20ClNO3. The number of hydrogen-bond acceptors (Lipinski definition) is 3. The smallest absolute Gasteiger partial charge is 0.339 e. The van der Waals surface area contributed by atoms with Gasteiger partial charge in [0.2, 0.25) is 0 Å². The van der Waals surface area contributed by atoms with Gasteiger partial charge in [-0.15, -0.1) is 0 Å². The molecule has 2 aromatic rings. The molecular weight excluding hydrogens is 302 g/mol. The molecule has 3 rings (SSSR count). The molecule has 0 saturated heterocycles. The van der Waals surface area contributed by atoms with E-state index in [4.69, 9.17) is 21.4 Å². The average Bonchev–Trinajstić information content (AvgIpc) is 2.87. The van der Waals surface area contributed by atoms with Gasteiger partial charge in [0.25, 0.3) is 0 Å². The Balaban J connectivity index is 2.24. The molecule has 5 heteroatoms. The van der Waals surface area contributed by atoms with E-state index in [-0.39, 0.29) is 6.61 Å². The molecule has 0 amide bonds. The van der Waals surface area contributed by atoms with Crippen LogP contribution in [0.2, 0.25) is 5.02 Å². The van der Waals surface area contributed by atoms with Gasteiger partial charge in [-0.25, -0.2) is 4.79 Å². The Labute approximate surface area is 134 Å². The van der Waals surface area contributed by atoms with E-state index < -0.39 is 5.97 Å². The first-order valence-corrected chi connectivity index (χ1v) is 8.08. The number of benzene rings is 1. The zero-order valence-electron chi connectivity index (χ0n) is 12.7. The molecule has 1 aliphatic carbocycles. The third-order valence-electron chi connectivity index (χ3n) is 4.42. The van der Waals surface area contributed by atoms with E-state index >= 15 is 0 Å². The molecule has 22 heavy (non-hydrogen) atoms. The van der Waals surface area contributed by atoms with E-state index in [1.165, 1.54) is 24.8 Å². The lowest BCUT2D eigenvalue weighted by Crippen LogP contribution is -2.09. The summed E-state index contributed by atoms with van der Waals surface area (Å²) in [6, 6.07) is 3.68. The Kier molecular flexibility index (Phi) is 4.41. The quantitative estimate of drug-likeness (QED) is 0.879. The van der Waals surface area contributed by atoms with Crippen LogP contribution in [0.3, 0.4) is 0 Å². The maximum Gasteiger partial charge on any atom is 0.339 e. The zero-order chi connectivity index (χ0) is 15.7. The van der Waals surface area contributed by atoms with Crippen LogP contribution in [0.1, 0.15) is 40.9 Å². The van der Waals surface area contributed by atoms with Gasteiger partial charge in [0.05, 0.1) is 23.2 Å². The van der Waals surface area contributed by atoms with Crippen molar-refractivity contribution >= 4 is 28.5 Å². The number of aromatic nitrogens is 1. The Bertz CT molecular complexity index is 720. The van der Waals surface area contributed by atoms with E-state index in [1.807, 2.05) is 6.07 Å². The van der Waals surface area contributed by atoms with E-state index in [9.17, 15) is 4.79 Å². The Morgan fingerprint density at radius 1 is 1.36 bits per heavy atom. The molecule has 1 aliphatic rings. The molecule has 0 saturated carbocycles. The standard InChI is InChI=1S/C17H20ClNO3/c1-22-17(21)12-7-8-14-15(16(12)18)11-5-2-3-6-13(11)19(14)9-4-10-20/h7-8,20H,2-6,9-10H2,1H3. The monoisotopic (exact) mass is 321 g/mol. The number of esters is 1. The minimum atomic E-state index is -0.403. The number of carbonyl (C=O) groups excluding carboxylic acids is 1. The largest absolute Gasteiger partial charge is 0.465 e. The maximum atomic E-state index is 11.9. The molecule has 0 aliphatic heterocycles. The summed E-state index contributed by atoms with van der Waals surface area (Å²) in [5.74, 6) is -0.403. The summed E-state index contributed by atoms with van der Waals surface area (Å²) in [5, 5.41) is 10.6. The summed E-state index contributed by atoms with van der Waals surface area (Å²) >= 11 is 6.54. The molecule has 1 N–H and O–H groups in total. The lowest BCUT2D eigenvalue weighted by Gasteiger charge is -2.15. The van der Waals surface area contributed by atoms with Crippen LogP contribution in [0, 0.1) is 0 Å². The van der Waals surface area contributed by atoms with Gasteiger partial charge in [-0.1, -0.05) is 11.6 Å². The number of rotatable bonds is 4. The van der Waals surface area contributed by atoms with Gasteiger partial charge >= 0.3 is 5.97 Å². The van der Waals surface area contributed by atoms with Crippen molar-refractivity contribution in [3.8, 4) is 0 Å². The normalized spacial score (nSPS) is 14.1. The fourth-order valence-electron chi connectivity index (χ4n) is 3.43. The highest BCUT2D eigenvalue weighted by Crippen LogP contribution is 2.38. The zero-order valence-corrected chi connectivity index (χ0v) is 13.4. The number of hydrogen-bond donors (Lipinski definition) is 1. The van der Waals surface area contributed by atoms with Gasteiger partial charge in [-0.2, -0.15) is 0 Å². The van der Waals surface area contributed by atoms with Crippen molar-refractivity contribution in [1.82, 2.24) is 4.57 Å². The fourth-order valence-corrected chi connectivity index (χ4v) is 3.78. The van der Waals surface area contributed by atoms with Crippen molar-refractivity contribution in [3.05, 3.63) is 34.0 Å². The molecule has 1 aromatic carbocycles. The summed E-state index contributed by atoms with van der Waals surface area (Å²) in [5.41, 5.74) is 4.04. The van der Waals surface area contributed by atoms with Gasteiger partial charge in [0.15, 0.2) is 0 Å². The van der Waals surface area contributed by atoms with Crippen molar-refractivity contribution in [2.24, 2.45) is 0 Å². The van der Waals surface area contributed by atoms with Gasteiger partial charge in [-0.3, -0.25) is 0 Å². The topological polar surface area (TPSA) is 51.5 Å². The van der Waals surface area contributed by atoms with Crippen molar-refractivity contribution in [1.29, 1.82) is 0 Å². The van der Waals surface area contributed by atoms with Gasteiger partial charge in [-0.05, 0) is 49.8 Å². The van der Waals surface area contributed by atoms with Crippen molar-refractivity contribution in [3.63, 3.8) is 0 Å². The number of aliphatic hydroxyl groups is 1. The van der Waals surface area contributed by atoms with E-state index in [0.29, 0.717) is 17.0 Å². The highest BCUT2D eigenvalue weighted by atomic mass is 35.5. The van der Waals surface area contributed by atoms with Crippen LogP contribution >= 0.6 is 11.6 Å². The molecule has 0 atom stereocenters. The fraction of sp³-hybridized carbons (Fsp3) is 0.471. The molecule has 1 aromatic heterocycles. The summed E-state index contributed by atoms with van der Waals surface area (Å²) < 4.78 is 7.08. The minimum Gasteiger partial charge on any atom is -0.465 e. The van der Waals surface area contributed by atoms with Gasteiger partial charge < -0.3 is 14.4 Å². The van der Waals surface area contributed by atoms with Crippen molar-refractivity contribution in [2.75, 3.05) is 13.7 Å². The third-order valence-corrected chi connectivity index (χ3v) is 4.81. The molecule has 0 unspecified atom stereocenters. The summed E-state index contributed by atoms with van der Waals surface area (Å²) in [4.78, 5) is 11.9. The Hall–Kier alpha value is -1.52. The van der Waals surface area contributed by atoms with Gasteiger partial charge in [0.1, 0.15) is 0 Å². The summed E-state index contributed by atoms with van der Waals surface area (Å²) in [7, 11) is 1.37. The predicted molar refractivity (Wildman–Crippen MR) is 86.6 cm³/mol. The second-order valence-electron chi connectivity index (χ2n) is 5.67. The molecule has 0 bridgehead atoms. The summed E-state index contributed by atoms with van der Waals surface area (Å²) in [6.45, 7) is 0.943. The molecule has 0 fully saturated rings. The van der Waals surface area contributed by atoms with Gasteiger partial charge in [0, 0.05) is 24.2 Å². The number of aryl methyl sites for hydroxylation is 2. The molecule has 0 spiro atoms. The first-order valence-electron chi connectivity index (χ1n) is 7.70. The average molecular weight is 322 g/mol. The number of nitrogens with zero attached hydrogens (tertiary/aromatic N) is 1. The number of methoxy groups -OCH3 is 1. The summed E-state index contributed by atoms with van der Waals surface area (Å²) in [6.07, 6.45) is 5.04. The molecule has 118 valence electrons. The molecule has 0 radical (unpaired) electrons. The highest BCUT2D eigenvalue weighted by molar-refractivity contribution is 6.38. The number of halogens is 1. The predicted octanol–water partition coefficient (Wildman–Crippen LogP) is 3.34. The van der Waals surface area contributed by atoms with Crippen LogP contribution in [0.15, 0.2) is 12.1 Å². The minimum absolute atomic E-state index is 0.169. The lowest BCUT2D eigenvalue weighted by molar-refractivity contribution is 0.0601. The van der Waals surface area contributed by atoms with Crippen molar-refractivity contribution < 1.29 is 14.6 Å². The van der Waals surface area contributed by atoms with E-state index in [2.05, 4.69) is 4.57 Å². The van der Waals surface area contributed by atoms with Crippen LogP contribution in [0.5, 0.6) is 0 Å². The first-order chi connectivity index (χ1) is 10.7. The lowest BCUT2D eigenvalue weighted by atomic mass is 9.95. The number of fused-ring (bicyclic) bond motifs is 3. The third kappa shape index (κ3) is 2.40. The van der Waals surface area contributed by atoms with Crippen LogP contribution in [-0.2, 0) is 24.1 Å². The second kappa shape index (κ2) is 6.31. The SMILES string of the molecule is COC(=O)c1ccc2c(c1Cl)c1c(n2CCCO)CCCC1. The number of aliphatic hydroxyl groups excluding tert-OH is 1. The highest BCUT2D eigenvalue weighted by Gasteiger charge is 2.24. The number of carbonyl (C=O) groups is 1.